The number of aliphatic hydroxyl groups excluding tert-OH is 1. The second-order valence-electron chi connectivity index (χ2n) is 8.92. The van der Waals surface area contributed by atoms with E-state index in [1.54, 1.807) is 48.5 Å². The zero-order chi connectivity index (χ0) is 29.4. The van der Waals surface area contributed by atoms with Crippen LogP contribution in [0, 0.1) is 5.82 Å². The molecule has 0 heterocycles. The molecular formula is C29H29F4NO6. The Morgan fingerprint density at radius 1 is 0.850 bits per heavy atom. The van der Waals surface area contributed by atoms with Crippen LogP contribution in [-0.4, -0.2) is 38.2 Å². The summed E-state index contributed by atoms with van der Waals surface area (Å²) in [7, 11) is 4.05. The molecule has 0 saturated heterocycles. The van der Waals surface area contributed by atoms with Crippen molar-refractivity contribution in [2.24, 2.45) is 0 Å². The van der Waals surface area contributed by atoms with Crippen LogP contribution < -0.4 is 14.4 Å². The first-order valence-corrected chi connectivity index (χ1v) is 12.1. The van der Waals surface area contributed by atoms with Crippen LogP contribution in [0.1, 0.15) is 41.2 Å². The third-order valence-electron chi connectivity index (χ3n) is 6.19. The molecule has 0 aromatic heterocycles. The van der Waals surface area contributed by atoms with Gasteiger partial charge in [-0.2, -0.15) is 13.2 Å². The van der Waals surface area contributed by atoms with Crippen molar-refractivity contribution < 1.29 is 46.5 Å². The zero-order valence-corrected chi connectivity index (χ0v) is 22.1. The third-order valence-corrected chi connectivity index (χ3v) is 6.19. The summed E-state index contributed by atoms with van der Waals surface area (Å²) in [6, 6.07) is 15.4. The van der Waals surface area contributed by atoms with Gasteiger partial charge >= 0.3 is 12.1 Å². The van der Waals surface area contributed by atoms with Crippen LogP contribution in [0.15, 0.2) is 60.7 Å². The molecule has 0 spiro atoms. The molecule has 0 bridgehead atoms. The molecule has 0 radical (unpaired) electrons. The average molecular weight is 564 g/mol. The fourth-order valence-electron chi connectivity index (χ4n) is 4.15. The van der Waals surface area contributed by atoms with Crippen molar-refractivity contribution in [2.75, 3.05) is 26.2 Å². The molecule has 0 fully saturated rings. The zero-order valence-electron chi connectivity index (χ0n) is 22.1. The number of hydrogen-bond donors (Lipinski definition) is 1. The van der Waals surface area contributed by atoms with Gasteiger partial charge in [-0.1, -0.05) is 24.3 Å². The number of ketones is 1. The van der Waals surface area contributed by atoms with Gasteiger partial charge in [-0.15, -0.1) is 0 Å². The van der Waals surface area contributed by atoms with E-state index in [-0.39, 0.29) is 18.8 Å². The SMILES string of the molecule is COC(=O)CC(=O)CC(O)c1c(C(F)(F)F)ccc(N(Cc2ccc(OC)cc2)Cc2ccc(OC)cc2)c1F. The molecule has 0 aliphatic carbocycles. The lowest BCUT2D eigenvalue weighted by Crippen LogP contribution is -2.25. The molecule has 40 heavy (non-hydrogen) atoms. The lowest BCUT2D eigenvalue weighted by Gasteiger charge is -2.28. The number of nitrogens with zero attached hydrogens (tertiary/aromatic N) is 1. The highest BCUT2D eigenvalue weighted by atomic mass is 19.4. The summed E-state index contributed by atoms with van der Waals surface area (Å²) in [5.41, 5.74) is -1.28. The molecular weight excluding hydrogens is 534 g/mol. The number of esters is 1. The number of ether oxygens (including phenoxy) is 3. The molecule has 0 aliphatic rings. The molecule has 3 aromatic rings. The summed E-state index contributed by atoms with van der Waals surface area (Å²) >= 11 is 0. The number of carbonyl (C=O) groups excluding carboxylic acids is 2. The maximum absolute atomic E-state index is 16.0. The maximum atomic E-state index is 16.0. The topological polar surface area (TPSA) is 85.3 Å². The molecule has 0 aliphatic heterocycles. The quantitative estimate of drug-likeness (QED) is 0.174. The molecule has 3 rings (SSSR count). The fourth-order valence-corrected chi connectivity index (χ4v) is 4.15. The van der Waals surface area contributed by atoms with E-state index in [0.717, 1.165) is 13.2 Å². The van der Waals surface area contributed by atoms with Crippen molar-refractivity contribution in [3.05, 3.63) is 88.7 Å². The Balaban J connectivity index is 2.07. The number of Topliss-reactive ketones (excluding diaryl/α,β-unsaturated/α-hetero) is 1. The standard InChI is InChI=1S/C29H29F4NO6/c1-38-21-8-4-18(5-9-21)16-34(17-19-6-10-22(39-2)11-7-19)24-13-12-23(29(31,32)33)27(28(24)30)25(36)14-20(35)15-26(37)40-3/h4-13,25,36H,14-17H2,1-3H3. The molecule has 1 N–H and O–H groups in total. The van der Waals surface area contributed by atoms with E-state index in [1.807, 2.05) is 0 Å². The Kier molecular flexibility index (Phi) is 10.1. The number of carbonyl (C=O) groups is 2. The van der Waals surface area contributed by atoms with E-state index in [1.165, 1.54) is 19.1 Å². The minimum Gasteiger partial charge on any atom is -0.497 e. The summed E-state index contributed by atoms with van der Waals surface area (Å²) in [5, 5.41) is 10.6. The first kappa shape index (κ1) is 30.4. The number of rotatable bonds is 12. The van der Waals surface area contributed by atoms with Crippen LogP contribution in [0.3, 0.4) is 0 Å². The fraction of sp³-hybridized carbons (Fsp3) is 0.310. The Morgan fingerprint density at radius 3 is 1.77 bits per heavy atom. The van der Waals surface area contributed by atoms with Gasteiger partial charge in [0, 0.05) is 25.1 Å². The molecule has 11 heteroatoms. The van der Waals surface area contributed by atoms with Gasteiger partial charge < -0.3 is 24.2 Å². The molecule has 0 amide bonds. The Morgan fingerprint density at radius 2 is 1.35 bits per heavy atom. The highest BCUT2D eigenvalue weighted by Gasteiger charge is 2.38. The van der Waals surface area contributed by atoms with Crippen molar-refractivity contribution in [3.63, 3.8) is 0 Å². The number of aliphatic hydroxyl groups is 1. The van der Waals surface area contributed by atoms with E-state index < -0.39 is 53.8 Å². The Bertz CT molecular complexity index is 1260. The van der Waals surface area contributed by atoms with Crippen LogP contribution in [-0.2, 0) is 33.6 Å². The summed E-state index contributed by atoms with van der Waals surface area (Å²) in [6.45, 7) is 0.185. The first-order valence-electron chi connectivity index (χ1n) is 12.1. The van der Waals surface area contributed by atoms with Crippen LogP contribution in [0.4, 0.5) is 23.2 Å². The van der Waals surface area contributed by atoms with Gasteiger partial charge in [0.1, 0.15) is 23.7 Å². The van der Waals surface area contributed by atoms with Gasteiger partial charge in [0.05, 0.1) is 38.7 Å². The minimum atomic E-state index is -5.02. The van der Waals surface area contributed by atoms with Crippen molar-refractivity contribution >= 4 is 17.4 Å². The van der Waals surface area contributed by atoms with E-state index in [9.17, 15) is 27.9 Å². The van der Waals surface area contributed by atoms with Gasteiger partial charge in [-0.25, -0.2) is 4.39 Å². The number of hydrogen-bond acceptors (Lipinski definition) is 7. The van der Waals surface area contributed by atoms with Crippen molar-refractivity contribution in [3.8, 4) is 11.5 Å². The summed E-state index contributed by atoms with van der Waals surface area (Å²) in [6.07, 6.45) is -8.84. The van der Waals surface area contributed by atoms with Crippen LogP contribution in [0.25, 0.3) is 0 Å². The van der Waals surface area contributed by atoms with Gasteiger partial charge in [-0.05, 0) is 47.5 Å². The number of methoxy groups -OCH3 is 3. The van der Waals surface area contributed by atoms with E-state index in [4.69, 9.17) is 9.47 Å². The maximum Gasteiger partial charge on any atom is 0.416 e. The van der Waals surface area contributed by atoms with Crippen LogP contribution >= 0.6 is 0 Å². The van der Waals surface area contributed by atoms with Crippen molar-refractivity contribution in [2.45, 2.75) is 38.2 Å². The minimum absolute atomic E-state index is 0.0924. The van der Waals surface area contributed by atoms with Gasteiger partial charge in [0.15, 0.2) is 5.82 Å². The normalized spacial score (nSPS) is 12.0. The molecule has 3 aromatic carbocycles. The third kappa shape index (κ3) is 7.72. The summed E-state index contributed by atoms with van der Waals surface area (Å²) < 4.78 is 72.4. The highest BCUT2D eigenvalue weighted by molar-refractivity contribution is 5.95. The molecule has 1 unspecified atom stereocenters. The molecule has 7 nitrogen and oxygen atoms in total. The van der Waals surface area contributed by atoms with Crippen LogP contribution in [0.5, 0.6) is 11.5 Å². The summed E-state index contributed by atoms with van der Waals surface area (Å²) in [4.78, 5) is 25.1. The monoisotopic (exact) mass is 563 g/mol. The van der Waals surface area contributed by atoms with Gasteiger partial charge in [0.2, 0.25) is 0 Å². The lowest BCUT2D eigenvalue weighted by atomic mass is 9.95. The van der Waals surface area contributed by atoms with Crippen molar-refractivity contribution in [1.29, 1.82) is 0 Å². The molecule has 214 valence electrons. The first-order chi connectivity index (χ1) is 19.0. The number of halogens is 4. The molecule has 0 saturated carbocycles. The van der Waals surface area contributed by atoms with Crippen molar-refractivity contribution in [1.82, 2.24) is 0 Å². The average Bonchev–Trinajstić information content (AvgIpc) is 2.92. The second-order valence-corrected chi connectivity index (χ2v) is 8.92. The van der Waals surface area contributed by atoms with Gasteiger partial charge in [-0.3, -0.25) is 9.59 Å². The number of anilines is 1. The highest BCUT2D eigenvalue weighted by Crippen LogP contribution is 2.40. The Hall–Kier alpha value is -4.12. The predicted octanol–water partition coefficient (Wildman–Crippen LogP) is 5.62. The Labute approximate surface area is 228 Å². The van der Waals surface area contributed by atoms with Crippen LogP contribution in [0.2, 0.25) is 0 Å². The molecule has 1 atom stereocenters. The largest absolute Gasteiger partial charge is 0.497 e. The smallest absolute Gasteiger partial charge is 0.416 e. The van der Waals surface area contributed by atoms with E-state index in [0.29, 0.717) is 28.7 Å². The summed E-state index contributed by atoms with van der Waals surface area (Å²) in [5.74, 6) is -1.96. The lowest BCUT2D eigenvalue weighted by molar-refractivity contribution is -0.144. The predicted molar refractivity (Wildman–Crippen MR) is 138 cm³/mol. The van der Waals surface area contributed by atoms with E-state index in [2.05, 4.69) is 4.74 Å². The number of benzene rings is 3. The van der Waals surface area contributed by atoms with E-state index >= 15 is 4.39 Å². The van der Waals surface area contributed by atoms with Gasteiger partial charge in [0.25, 0.3) is 0 Å². The number of alkyl halides is 3. The second kappa shape index (κ2) is 13.3.